The van der Waals surface area contributed by atoms with Gasteiger partial charge in [0.25, 0.3) is 0 Å². The zero-order chi connectivity index (χ0) is 42.8. The van der Waals surface area contributed by atoms with Crippen LogP contribution in [-0.4, -0.2) is 76.9 Å². The third kappa shape index (κ3) is 39.4. The van der Waals surface area contributed by atoms with E-state index in [-0.39, 0.29) is 19.4 Å². The minimum Gasteiger partial charge on any atom is -0.462 e. The summed E-state index contributed by atoms with van der Waals surface area (Å²) in [6.45, 7) is 1.93. The van der Waals surface area contributed by atoms with Gasteiger partial charge in [0, 0.05) is 12.8 Å². The van der Waals surface area contributed by atoms with Gasteiger partial charge in [0.1, 0.15) is 12.7 Å². The lowest BCUT2D eigenvalue weighted by Crippen LogP contribution is -2.29. The molecular formula is C46H73O11P. The normalized spacial score (nSPS) is 15.5. The summed E-state index contributed by atoms with van der Waals surface area (Å²) >= 11 is 0. The second kappa shape index (κ2) is 40.4. The van der Waals surface area contributed by atoms with Crippen LogP contribution in [0, 0.1) is 0 Å². The van der Waals surface area contributed by atoms with Gasteiger partial charge in [-0.2, -0.15) is 0 Å². The van der Waals surface area contributed by atoms with Crippen LogP contribution in [0.1, 0.15) is 123 Å². The highest BCUT2D eigenvalue weighted by molar-refractivity contribution is 7.47. The fourth-order valence-corrected chi connectivity index (χ4v) is 5.60. The molecule has 2 unspecified atom stereocenters. The van der Waals surface area contributed by atoms with Crippen LogP contribution < -0.4 is 0 Å². The molecule has 0 radical (unpaired) electrons. The molecule has 328 valence electrons. The zero-order valence-corrected chi connectivity index (χ0v) is 36.0. The summed E-state index contributed by atoms with van der Waals surface area (Å²) in [6.07, 6.45) is 46.6. The highest BCUT2D eigenvalue weighted by atomic mass is 31.2. The number of aliphatic hydroxyl groups is 3. The first-order chi connectivity index (χ1) is 28.1. The predicted molar refractivity (Wildman–Crippen MR) is 234 cm³/mol. The van der Waals surface area contributed by atoms with E-state index >= 15 is 0 Å². The standard InChI is InChI=1S/C46H73O11P/c1-3-5-7-9-11-12-13-14-15-16-17-18-19-20-25-29-33-37-46(51)57-44(41-56-58(52,53)55-39-43(49)38-47)40-54-45(50)36-32-28-24-22-21-23-27-31-35-42(48)34-30-26-10-8-6-4-2/h5-8,11-12,14-15,17-18,22-24,26-27,30-31,35,42-44,47-49H,3-4,9-10,13,16,19-21,25,28-29,32-34,36-41H2,1-2H3,(H,52,53)/b7-5-,8-6-,12-11-,15-14-,18-17-,24-22-,27-23-,30-26-,35-31+/t42?,43-,44+/m0/s1. The van der Waals surface area contributed by atoms with E-state index in [9.17, 15) is 29.3 Å². The monoisotopic (exact) mass is 832 g/mol. The minimum atomic E-state index is -4.66. The van der Waals surface area contributed by atoms with Gasteiger partial charge in [-0.15, -0.1) is 0 Å². The Morgan fingerprint density at radius 2 is 1.10 bits per heavy atom. The summed E-state index contributed by atoms with van der Waals surface area (Å²) in [6, 6.07) is 0. The van der Waals surface area contributed by atoms with Crippen molar-refractivity contribution in [3.63, 3.8) is 0 Å². The van der Waals surface area contributed by atoms with Crippen molar-refractivity contribution < 1.29 is 52.9 Å². The molecule has 0 aliphatic heterocycles. The zero-order valence-electron chi connectivity index (χ0n) is 35.1. The number of hydrogen-bond donors (Lipinski definition) is 4. The van der Waals surface area contributed by atoms with Gasteiger partial charge in [0.2, 0.25) is 0 Å². The molecule has 0 aliphatic carbocycles. The van der Waals surface area contributed by atoms with Crippen LogP contribution in [0.4, 0.5) is 0 Å². The Kier molecular flexibility index (Phi) is 38.0. The van der Waals surface area contributed by atoms with Crippen molar-refractivity contribution in [2.75, 3.05) is 26.4 Å². The Labute approximate surface area is 348 Å². The molecule has 11 nitrogen and oxygen atoms in total. The van der Waals surface area contributed by atoms with E-state index in [4.69, 9.17) is 19.1 Å². The van der Waals surface area contributed by atoms with Crippen LogP contribution in [0.3, 0.4) is 0 Å². The Morgan fingerprint density at radius 1 is 0.586 bits per heavy atom. The van der Waals surface area contributed by atoms with E-state index in [0.717, 1.165) is 64.2 Å². The lowest BCUT2D eigenvalue weighted by atomic mass is 10.1. The number of carbonyl (C=O) groups excluding carboxylic acids is 2. The number of aliphatic hydroxyl groups excluding tert-OH is 3. The molecular weight excluding hydrogens is 759 g/mol. The highest BCUT2D eigenvalue weighted by Crippen LogP contribution is 2.43. The van der Waals surface area contributed by atoms with Crippen molar-refractivity contribution in [2.45, 2.75) is 141 Å². The second-order valence-corrected chi connectivity index (χ2v) is 14.9. The molecule has 0 aromatic heterocycles. The predicted octanol–water partition coefficient (Wildman–Crippen LogP) is 9.97. The summed E-state index contributed by atoms with van der Waals surface area (Å²) in [5, 5.41) is 28.3. The lowest BCUT2D eigenvalue weighted by molar-refractivity contribution is -0.161. The van der Waals surface area contributed by atoms with Crippen LogP contribution in [0.5, 0.6) is 0 Å². The average molecular weight is 833 g/mol. The van der Waals surface area contributed by atoms with Gasteiger partial charge < -0.3 is 29.7 Å². The number of ether oxygens (including phenoxy) is 2. The molecule has 0 aromatic carbocycles. The van der Waals surface area contributed by atoms with E-state index in [0.29, 0.717) is 32.1 Å². The van der Waals surface area contributed by atoms with Gasteiger partial charge >= 0.3 is 19.8 Å². The number of hydrogen-bond acceptors (Lipinski definition) is 10. The molecule has 0 spiro atoms. The molecule has 0 rings (SSSR count). The Hall–Kier alpha value is -3.41. The summed E-state index contributed by atoms with van der Waals surface area (Å²) in [5.74, 6) is -1.07. The molecule has 0 fully saturated rings. The van der Waals surface area contributed by atoms with Gasteiger partial charge in [-0.1, -0.05) is 136 Å². The molecule has 0 aliphatic rings. The second-order valence-electron chi connectivity index (χ2n) is 13.4. The molecule has 58 heavy (non-hydrogen) atoms. The Bertz CT molecular complexity index is 1340. The summed E-state index contributed by atoms with van der Waals surface area (Å²) < 4.78 is 32.6. The fraction of sp³-hybridized carbons (Fsp3) is 0.565. The van der Waals surface area contributed by atoms with Crippen molar-refractivity contribution in [2.24, 2.45) is 0 Å². The van der Waals surface area contributed by atoms with Crippen molar-refractivity contribution in [3.05, 3.63) is 109 Å². The maximum absolute atomic E-state index is 12.6. The minimum absolute atomic E-state index is 0.118. The van der Waals surface area contributed by atoms with Crippen LogP contribution >= 0.6 is 7.82 Å². The number of unbranched alkanes of at least 4 members (excludes halogenated alkanes) is 5. The van der Waals surface area contributed by atoms with Gasteiger partial charge in [-0.25, -0.2) is 4.57 Å². The summed E-state index contributed by atoms with van der Waals surface area (Å²) in [5.41, 5.74) is 0. The van der Waals surface area contributed by atoms with Crippen molar-refractivity contribution >= 4 is 19.8 Å². The van der Waals surface area contributed by atoms with E-state index in [1.54, 1.807) is 6.08 Å². The Balaban J connectivity index is 4.55. The van der Waals surface area contributed by atoms with E-state index in [2.05, 4.69) is 79.1 Å². The number of allylic oxidation sites excluding steroid dienone is 16. The van der Waals surface area contributed by atoms with Crippen LogP contribution in [0.2, 0.25) is 0 Å². The van der Waals surface area contributed by atoms with Crippen LogP contribution in [0.25, 0.3) is 0 Å². The maximum atomic E-state index is 12.6. The summed E-state index contributed by atoms with van der Waals surface area (Å²) in [4.78, 5) is 35.0. The molecule has 4 atom stereocenters. The van der Waals surface area contributed by atoms with Gasteiger partial charge in [0.15, 0.2) is 6.10 Å². The maximum Gasteiger partial charge on any atom is 0.472 e. The average Bonchev–Trinajstić information content (AvgIpc) is 3.21. The smallest absolute Gasteiger partial charge is 0.462 e. The highest BCUT2D eigenvalue weighted by Gasteiger charge is 2.27. The van der Waals surface area contributed by atoms with Gasteiger partial charge in [-0.3, -0.25) is 18.6 Å². The summed E-state index contributed by atoms with van der Waals surface area (Å²) in [7, 11) is -4.66. The van der Waals surface area contributed by atoms with Gasteiger partial charge in [-0.05, 0) is 83.5 Å². The third-order valence-electron chi connectivity index (χ3n) is 8.00. The number of esters is 2. The number of phosphoric ester groups is 1. The van der Waals surface area contributed by atoms with Crippen LogP contribution in [-0.2, 0) is 32.7 Å². The molecule has 0 bridgehead atoms. The van der Waals surface area contributed by atoms with Crippen LogP contribution in [0.15, 0.2) is 109 Å². The quantitative estimate of drug-likeness (QED) is 0.0155. The number of phosphoric acid groups is 1. The molecule has 0 aromatic rings. The number of rotatable bonds is 37. The van der Waals surface area contributed by atoms with Crippen molar-refractivity contribution in [3.8, 4) is 0 Å². The SMILES string of the molecule is CC/C=C\C/C=C\C/C=C\C/C=C\CCCCCCC(=O)O[C@H](COC(=O)CCC/C=C\C/C=C\C=C\C(O)C/C=C\C/C=C\CC)COP(=O)(O)OC[C@@H](O)CO. The first-order valence-electron chi connectivity index (χ1n) is 21.0. The van der Waals surface area contributed by atoms with E-state index < -0.39 is 57.9 Å². The lowest BCUT2D eigenvalue weighted by Gasteiger charge is -2.20. The first-order valence-corrected chi connectivity index (χ1v) is 22.4. The molecule has 12 heteroatoms. The number of carbonyl (C=O) groups is 2. The molecule has 0 amide bonds. The Morgan fingerprint density at radius 3 is 1.72 bits per heavy atom. The topological polar surface area (TPSA) is 169 Å². The first kappa shape index (κ1) is 54.6. The largest absolute Gasteiger partial charge is 0.472 e. The third-order valence-corrected chi connectivity index (χ3v) is 8.95. The fourth-order valence-electron chi connectivity index (χ4n) is 4.81. The van der Waals surface area contributed by atoms with Crippen molar-refractivity contribution in [1.82, 2.24) is 0 Å². The molecule has 0 heterocycles. The van der Waals surface area contributed by atoms with Crippen molar-refractivity contribution in [1.29, 1.82) is 0 Å². The molecule has 0 saturated heterocycles. The van der Waals surface area contributed by atoms with E-state index in [1.165, 1.54) is 0 Å². The van der Waals surface area contributed by atoms with E-state index in [1.807, 2.05) is 42.5 Å². The van der Waals surface area contributed by atoms with Gasteiger partial charge in [0.05, 0.1) is 25.9 Å². The molecule has 0 saturated carbocycles. The molecule has 4 N–H and O–H groups in total.